The summed E-state index contributed by atoms with van der Waals surface area (Å²) >= 11 is 6.13. The van der Waals surface area contributed by atoms with Gasteiger partial charge in [0.2, 0.25) is 0 Å². The van der Waals surface area contributed by atoms with Crippen molar-refractivity contribution in [2.45, 2.75) is 6.54 Å². The zero-order valence-electron chi connectivity index (χ0n) is 12.5. The molecule has 0 atom stereocenters. The highest BCUT2D eigenvalue weighted by Gasteiger charge is 2.38. The molecule has 0 aromatic heterocycles. The van der Waals surface area contributed by atoms with Crippen LogP contribution in [-0.4, -0.2) is 23.8 Å². The summed E-state index contributed by atoms with van der Waals surface area (Å²) < 4.78 is 5.10. The second kappa shape index (κ2) is 6.26. The molecule has 0 N–H and O–H groups in total. The van der Waals surface area contributed by atoms with Gasteiger partial charge in [0.1, 0.15) is 10.8 Å². The SMILES string of the molecule is COc1ccc(C2=C(Cl)C(=O)N(Cc3ccccc3)C2=O)cc1. The van der Waals surface area contributed by atoms with E-state index in [0.717, 1.165) is 10.5 Å². The van der Waals surface area contributed by atoms with E-state index in [0.29, 0.717) is 11.3 Å². The van der Waals surface area contributed by atoms with Crippen molar-refractivity contribution in [2.24, 2.45) is 0 Å². The molecule has 1 aliphatic rings. The van der Waals surface area contributed by atoms with E-state index in [1.54, 1.807) is 31.4 Å². The summed E-state index contributed by atoms with van der Waals surface area (Å²) in [4.78, 5) is 26.1. The van der Waals surface area contributed by atoms with E-state index < -0.39 is 5.91 Å². The number of methoxy groups -OCH3 is 1. The van der Waals surface area contributed by atoms with Gasteiger partial charge >= 0.3 is 0 Å². The van der Waals surface area contributed by atoms with Gasteiger partial charge in [0.05, 0.1) is 19.2 Å². The first-order chi connectivity index (χ1) is 11.1. The number of benzene rings is 2. The lowest BCUT2D eigenvalue weighted by Gasteiger charge is -2.14. The molecule has 1 aliphatic heterocycles. The Kier molecular flexibility index (Phi) is 4.17. The largest absolute Gasteiger partial charge is 0.497 e. The third-order valence-corrected chi connectivity index (χ3v) is 4.02. The zero-order valence-corrected chi connectivity index (χ0v) is 13.2. The van der Waals surface area contributed by atoms with Crippen LogP contribution in [0.4, 0.5) is 0 Å². The van der Waals surface area contributed by atoms with E-state index in [9.17, 15) is 9.59 Å². The van der Waals surface area contributed by atoms with Crippen molar-refractivity contribution in [3.63, 3.8) is 0 Å². The second-order valence-electron chi connectivity index (χ2n) is 5.10. The van der Waals surface area contributed by atoms with Gasteiger partial charge in [-0.3, -0.25) is 14.5 Å². The minimum absolute atomic E-state index is 0.0453. The minimum Gasteiger partial charge on any atom is -0.497 e. The van der Waals surface area contributed by atoms with Crippen LogP contribution in [-0.2, 0) is 16.1 Å². The molecule has 23 heavy (non-hydrogen) atoms. The monoisotopic (exact) mass is 327 g/mol. The second-order valence-corrected chi connectivity index (χ2v) is 5.48. The molecule has 4 nitrogen and oxygen atoms in total. The number of imide groups is 1. The van der Waals surface area contributed by atoms with Gasteiger partial charge in [0, 0.05) is 0 Å². The first-order valence-corrected chi connectivity index (χ1v) is 7.44. The van der Waals surface area contributed by atoms with E-state index in [4.69, 9.17) is 16.3 Å². The van der Waals surface area contributed by atoms with Crippen molar-refractivity contribution in [3.05, 3.63) is 70.8 Å². The molecule has 3 rings (SSSR count). The fraction of sp³-hybridized carbons (Fsp3) is 0.111. The standard InChI is InChI=1S/C18H14ClNO3/c1-23-14-9-7-13(8-10-14)15-16(19)18(22)20(17(15)21)11-12-5-3-2-4-6-12/h2-10H,11H2,1H3. The molecule has 0 spiro atoms. The lowest BCUT2D eigenvalue weighted by molar-refractivity contribution is -0.137. The van der Waals surface area contributed by atoms with Crippen molar-refractivity contribution in [3.8, 4) is 5.75 Å². The van der Waals surface area contributed by atoms with Crippen molar-refractivity contribution in [1.29, 1.82) is 0 Å². The lowest BCUT2D eigenvalue weighted by atomic mass is 10.1. The topological polar surface area (TPSA) is 46.6 Å². The maximum Gasteiger partial charge on any atom is 0.273 e. The van der Waals surface area contributed by atoms with Gasteiger partial charge in [-0.05, 0) is 23.3 Å². The summed E-state index contributed by atoms with van der Waals surface area (Å²) in [7, 11) is 1.56. The van der Waals surface area contributed by atoms with Gasteiger partial charge in [-0.25, -0.2) is 0 Å². The Labute approximate surface area is 138 Å². The number of ether oxygens (including phenoxy) is 1. The summed E-state index contributed by atoms with van der Waals surface area (Å²) in [6.07, 6.45) is 0. The molecule has 0 saturated carbocycles. The van der Waals surface area contributed by atoms with Gasteiger partial charge in [-0.1, -0.05) is 54.1 Å². The van der Waals surface area contributed by atoms with Crippen LogP contribution in [0.25, 0.3) is 5.57 Å². The zero-order chi connectivity index (χ0) is 16.4. The predicted molar refractivity (Wildman–Crippen MR) is 87.8 cm³/mol. The normalized spacial score (nSPS) is 14.6. The number of halogens is 1. The first kappa shape index (κ1) is 15.3. The number of carbonyl (C=O) groups is 2. The van der Waals surface area contributed by atoms with Crippen LogP contribution in [0.3, 0.4) is 0 Å². The average Bonchev–Trinajstić information content (AvgIpc) is 2.80. The molecular weight excluding hydrogens is 314 g/mol. The Balaban J connectivity index is 1.89. The Bertz CT molecular complexity index is 782. The molecule has 2 aromatic rings. The van der Waals surface area contributed by atoms with Crippen LogP contribution in [0.1, 0.15) is 11.1 Å². The molecule has 0 unspecified atom stereocenters. The summed E-state index contributed by atoms with van der Waals surface area (Å²) in [5.74, 6) is -0.177. The van der Waals surface area contributed by atoms with E-state index in [-0.39, 0.29) is 23.1 Å². The summed E-state index contributed by atoms with van der Waals surface area (Å²) in [6, 6.07) is 16.2. The van der Waals surface area contributed by atoms with E-state index in [1.165, 1.54) is 0 Å². The van der Waals surface area contributed by atoms with Crippen molar-refractivity contribution < 1.29 is 14.3 Å². The van der Waals surface area contributed by atoms with Gasteiger partial charge in [0.15, 0.2) is 0 Å². The van der Waals surface area contributed by atoms with Crippen LogP contribution in [0.15, 0.2) is 59.6 Å². The van der Waals surface area contributed by atoms with E-state index in [1.807, 2.05) is 30.3 Å². The highest BCUT2D eigenvalue weighted by molar-refractivity contribution is 6.55. The molecule has 2 amide bonds. The number of carbonyl (C=O) groups excluding carboxylic acids is 2. The molecule has 0 saturated heterocycles. The lowest BCUT2D eigenvalue weighted by Crippen LogP contribution is -2.30. The Morgan fingerprint density at radius 1 is 0.957 bits per heavy atom. The smallest absolute Gasteiger partial charge is 0.273 e. The quantitative estimate of drug-likeness (QED) is 0.810. The third kappa shape index (κ3) is 2.85. The van der Waals surface area contributed by atoms with Gasteiger partial charge in [-0.2, -0.15) is 0 Å². The Morgan fingerprint density at radius 3 is 2.22 bits per heavy atom. The summed E-state index contributed by atoms with van der Waals surface area (Å²) in [6.45, 7) is 0.203. The number of rotatable bonds is 4. The minimum atomic E-state index is -0.466. The molecule has 5 heteroatoms. The highest BCUT2D eigenvalue weighted by atomic mass is 35.5. The van der Waals surface area contributed by atoms with Gasteiger partial charge in [-0.15, -0.1) is 0 Å². The Hall–Kier alpha value is -2.59. The number of hydrogen-bond acceptors (Lipinski definition) is 3. The van der Waals surface area contributed by atoms with Crippen LogP contribution in [0, 0.1) is 0 Å². The van der Waals surface area contributed by atoms with Crippen LogP contribution in [0.5, 0.6) is 5.75 Å². The van der Waals surface area contributed by atoms with Crippen LogP contribution < -0.4 is 4.74 Å². The maximum atomic E-state index is 12.6. The molecule has 2 aromatic carbocycles. The molecule has 0 radical (unpaired) electrons. The highest BCUT2D eigenvalue weighted by Crippen LogP contribution is 2.33. The first-order valence-electron chi connectivity index (χ1n) is 7.06. The predicted octanol–water partition coefficient (Wildman–Crippen LogP) is 3.21. The number of hydrogen-bond donors (Lipinski definition) is 0. The van der Waals surface area contributed by atoms with Gasteiger partial charge < -0.3 is 4.74 Å². The molecule has 0 aliphatic carbocycles. The molecule has 0 bridgehead atoms. The summed E-state index contributed by atoms with van der Waals surface area (Å²) in [5, 5.41) is -0.0453. The van der Waals surface area contributed by atoms with Crippen molar-refractivity contribution >= 4 is 29.0 Å². The molecule has 116 valence electrons. The van der Waals surface area contributed by atoms with Gasteiger partial charge in [0.25, 0.3) is 11.8 Å². The van der Waals surface area contributed by atoms with Crippen LogP contribution in [0.2, 0.25) is 0 Å². The average molecular weight is 328 g/mol. The fourth-order valence-electron chi connectivity index (χ4n) is 2.46. The van der Waals surface area contributed by atoms with E-state index in [2.05, 4.69) is 0 Å². The fourth-order valence-corrected chi connectivity index (χ4v) is 2.76. The van der Waals surface area contributed by atoms with Crippen molar-refractivity contribution in [2.75, 3.05) is 7.11 Å². The van der Waals surface area contributed by atoms with E-state index >= 15 is 0 Å². The summed E-state index contributed by atoms with van der Waals surface area (Å²) in [5.41, 5.74) is 1.70. The number of nitrogens with zero attached hydrogens (tertiary/aromatic N) is 1. The maximum absolute atomic E-state index is 12.6. The molecule has 0 fully saturated rings. The van der Waals surface area contributed by atoms with Crippen LogP contribution >= 0.6 is 11.6 Å². The number of amides is 2. The third-order valence-electron chi connectivity index (χ3n) is 3.67. The molecular formula is C18H14ClNO3. The Morgan fingerprint density at radius 2 is 1.61 bits per heavy atom. The molecule has 1 heterocycles. The van der Waals surface area contributed by atoms with Crippen molar-refractivity contribution in [1.82, 2.24) is 4.90 Å².